The minimum atomic E-state index is -3.05. The van der Waals surface area contributed by atoms with Gasteiger partial charge in [-0.3, -0.25) is 4.79 Å². The lowest BCUT2D eigenvalue weighted by Gasteiger charge is -2.03. The molecule has 0 saturated carbocycles. The fourth-order valence-electron chi connectivity index (χ4n) is 1.78. The molecule has 0 aromatic carbocycles. The Labute approximate surface area is 105 Å². The molecule has 1 saturated heterocycles. The van der Waals surface area contributed by atoms with Crippen molar-refractivity contribution in [1.82, 2.24) is 5.43 Å². The van der Waals surface area contributed by atoms with E-state index in [2.05, 4.69) is 10.5 Å². The first-order valence-corrected chi connectivity index (χ1v) is 7.38. The molecule has 2 heterocycles. The lowest BCUT2D eigenvalue weighted by Crippen LogP contribution is -2.27. The van der Waals surface area contributed by atoms with E-state index in [0.717, 1.165) is 5.76 Å². The third kappa shape index (κ3) is 3.19. The van der Waals surface area contributed by atoms with Crippen molar-refractivity contribution in [3.8, 4) is 0 Å². The summed E-state index contributed by atoms with van der Waals surface area (Å²) in [6.45, 7) is 1.80. The highest BCUT2D eigenvalue weighted by atomic mass is 32.2. The van der Waals surface area contributed by atoms with Gasteiger partial charge in [-0.2, -0.15) is 5.10 Å². The molecule has 7 heteroatoms. The second-order valence-electron chi connectivity index (χ2n) is 4.28. The van der Waals surface area contributed by atoms with Crippen LogP contribution in [0, 0.1) is 12.8 Å². The molecule has 1 aromatic rings. The molecular formula is C11H14N2O4S. The summed E-state index contributed by atoms with van der Waals surface area (Å²) in [5, 5.41) is 3.73. The normalized spacial score (nSPS) is 22.4. The summed E-state index contributed by atoms with van der Waals surface area (Å²) >= 11 is 0. The van der Waals surface area contributed by atoms with Gasteiger partial charge in [0, 0.05) is 0 Å². The van der Waals surface area contributed by atoms with Crippen molar-refractivity contribution in [3.63, 3.8) is 0 Å². The molecular weight excluding hydrogens is 256 g/mol. The topological polar surface area (TPSA) is 88.7 Å². The quantitative estimate of drug-likeness (QED) is 0.639. The number of nitrogens with one attached hydrogen (secondary N) is 1. The molecule has 98 valence electrons. The van der Waals surface area contributed by atoms with Crippen molar-refractivity contribution in [2.75, 3.05) is 11.5 Å². The highest BCUT2D eigenvalue weighted by molar-refractivity contribution is 7.91. The largest absolute Gasteiger partial charge is 0.460 e. The summed E-state index contributed by atoms with van der Waals surface area (Å²) in [6, 6.07) is 3.51. The highest BCUT2D eigenvalue weighted by Crippen LogP contribution is 2.18. The molecule has 6 nitrogen and oxygen atoms in total. The average Bonchev–Trinajstić information content (AvgIpc) is 2.85. The van der Waals surface area contributed by atoms with E-state index in [1.165, 1.54) is 6.21 Å². The van der Waals surface area contributed by atoms with Crippen LogP contribution in [0.4, 0.5) is 0 Å². The summed E-state index contributed by atoms with van der Waals surface area (Å²) in [7, 11) is -3.05. The summed E-state index contributed by atoms with van der Waals surface area (Å²) in [4.78, 5) is 11.6. The number of hydrogen-bond acceptors (Lipinski definition) is 5. The molecule has 0 spiro atoms. The van der Waals surface area contributed by atoms with Gasteiger partial charge in [-0.25, -0.2) is 13.8 Å². The first-order valence-electron chi connectivity index (χ1n) is 5.56. The van der Waals surface area contributed by atoms with Crippen molar-refractivity contribution >= 4 is 22.0 Å². The molecule has 1 N–H and O–H groups in total. The number of furan rings is 1. The van der Waals surface area contributed by atoms with E-state index in [9.17, 15) is 13.2 Å². The van der Waals surface area contributed by atoms with Crippen molar-refractivity contribution in [1.29, 1.82) is 0 Å². The second-order valence-corrected chi connectivity index (χ2v) is 6.51. The van der Waals surface area contributed by atoms with E-state index in [0.29, 0.717) is 12.2 Å². The van der Waals surface area contributed by atoms with Gasteiger partial charge in [-0.15, -0.1) is 0 Å². The summed E-state index contributed by atoms with van der Waals surface area (Å²) in [6.07, 6.45) is 1.75. The zero-order valence-corrected chi connectivity index (χ0v) is 10.7. The summed E-state index contributed by atoms with van der Waals surface area (Å²) < 4.78 is 27.6. The Bertz CT molecular complexity index is 574. The average molecular weight is 270 g/mol. The van der Waals surface area contributed by atoms with Gasteiger partial charge in [0.25, 0.3) is 0 Å². The minimum Gasteiger partial charge on any atom is -0.460 e. The summed E-state index contributed by atoms with van der Waals surface area (Å²) in [5.74, 6) is 0.415. The second kappa shape index (κ2) is 4.93. The maximum Gasteiger partial charge on any atom is 0.244 e. The molecule has 1 aromatic heterocycles. The van der Waals surface area contributed by atoms with Crippen molar-refractivity contribution in [2.24, 2.45) is 11.0 Å². The number of amides is 1. The smallest absolute Gasteiger partial charge is 0.244 e. The fourth-order valence-corrected chi connectivity index (χ4v) is 3.52. The third-order valence-corrected chi connectivity index (χ3v) is 4.50. The van der Waals surface area contributed by atoms with Crippen LogP contribution in [-0.4, -0.2) is 32.0 Å². The molecule has 0 radical (unpaired) electrons. The van der Waals surface area contributed by atoms with Gasteiger partial charge >= 0.3 is 0 Å². The van der Waals surface area contributed by atoms with E-state index in [1.54, 1.807) is 19.1 Å². The predicted octanol–water partition coefficient (Wildman–Crippen LogP) is 0.473. The molecule has 2 rings (SSSR count). The highest BCUT2D eigenvalue weighted by Gasteiger charge is 2.32. The van der Waals surface area contributed by atoms with Gasteiger partial charge in [0.1, 0.15) is 11.5 Å². The zero-order chi connectivity index (χ0) is 13.2. The Morgan fingerprint density at radius 2 is 2.33 bits per heavy atom. The van der Waals surface area contributed by atoms with Gasteiger partial charge < -0.3 is 4.42 Å². The van der Waals surface area contributed by atoms with E-state index in [1.807, 2.05) is 0 Å². The number of sulfone groups is 1. The maximum absolute atomic E-state index is 11.6. The Kier molecular flexibility index (Phi) is 3.51. The third-order valence-electron chi connectivity index (χ3n) is 2.73. The lowest BCUT2D eigenvalue weighted by atomic mass is 10.1. The van der Waals surface area contributed by atoms with Crippen LogP contribution in [0.25, 0.3) is 0 Å². The SMILES string of the molecule is Cc1ccc(/C=N\NC(=O)[C@H]2CCS(=O)(=O)C2)o1. The fraction of sp³-hybridized carbons (Fsp3) is 0.455. The van der Waals surface area contributed by atoms with Crippen LogP contribution in [0.3, 0.4) is 0 Å². The number of rotatable bonds is 3. The molecule has 1 aliphatic rings. The predicted molar refractivity (Wildman–Crippen MR) is 65.9 cm³/mol. The van der Waals surface area contributed by atoms with Crippen LogP contribution in [-0.2, 0) is 14.6 Å². The number of hydrogen-bond donors (Lipinski definition) is 1. The first kappa shape index (κ1) is 12.8. The number of aryl methyl sites for hydroxylation is 1. The minimum absolute atomic E-state index is 0.0756. The van der Waals surface area contributed by atoms with Crippen LogP contribution >= 0.6 is 0 Å². The van der Waals surface area contributed by atoms with Crippen molar-refractivity contribution in [3.05, 3.63) is 23.7 Å². The van der Waals surface area contributed by atoms with Crippen molar-refractivity contribution in [2.45, 2.75) is 13.3 Å². The Morgan fingerprint density at radius 3 is 2.89 bits per heavy atom. The summed E-state index contributed by atoms with van der Waals surface area (Å²) in [5.41, 5.74) is 2.33. The number of carbonyl (C=O) groups excluding carboxylic acids is 1. The Balaban J connectivity index is 1.87. The molecule has 1 amide bonds. The molecule has 18 heavy (non-hydrogen) atoms. The molecule has 1 atom stereocenters. The van der Waals surface area contributed by atoms with E-state index < -0.39 is 15.8 Å². The van der Waals surface area contributed by atoms with Gasteiger partial charge in [0.2, 0.25) is 5.91 Å². The zero-order valence-electron chi connectivity index (χ0n) is 9.92. The number of nitrogens with zero attached hydrogens (tertiary/aromatic N) is 1. The Hall–Kier alpha value is -1.63. The van der Waals surface area contributed by atoms with E-state index >= 15 is 0 Å². The van der Waals surface area contributed by atoms with Crippen LogP contribution in [0.1, 0.15) is 17.9 Å². The van der Waals surface area contributed by atoms with Crippen LogP contribution < -0.4 is 5.43 Å². The molecule has 1 aliphatic heterocycles. The van der Waals surface area contributed by atoms with Crippen LogP contribution in [0.5, 0.6) is 0 Å². The van der Waals surface area contributed by atoms with Gasteiger partial charge in [0.15, 0.2) is 9.84 Å². The van der Waals surface area contributed by atoms with Gasteiger partial charge in [-0.1, -0.05) is 0 Å². The van der Waals surface area contributed by atoms with E-state index in [-0.39, 0.29) is 17.4 Å². The lowest BCUT2D eigenvalue weighted by molar-refractivity contribution is -0.124. The maximum atomic E-state index is 11.6. The Morgan fingerprint density at radius 1 is 1.56 bits per heavy atom. The standard InChI is InChI=1S/C11H14N2O4S/c1-8-2-3-10(17-8)6-12-13-11(14)9-4-5-18(15,16)7-9/h2-3,6,9H,4-5,7H2,1H3,(H,13,14)/b12-6-/t9-/m0/s1. The first-order chi connectivity index (χ1) is 8.46. The monoisotopic (exact) mass is 270 g/mol. The van der Waals surface area contributed by atoms with Crippen LogP contribution in [0.15, 0.2) is 21.7 Å². The molecule has 1 fully saturated rings. The van der Waals surface area contributed by atoms with Crippen LogP contribution in [0.2, 0.25) is 0 Å². The number of hydrazone groups is 1. The molecule has 0 unspecified atom stereocenters. The molecule has 0 aliphatic carbocycles. The van der Waals surface area contributed by atoms with E-state index in [4.69, 9.17) is 4.42 Å². The molecule has 0 bridgehead atoms. The van der Waals surface area contributed by atoms with Gasteiger partial charge in [0.05, 0.1) is 23.6 Å². The number of carbonyl (C=O) groups is 1. The van der Waals surface area contributed by atoms with Crippen molar-refractivity contribution < 1.29 is 17.6 Å². The van der Waals surface area contributed by atoms with Gasteiger partial charge in [-0.05, 0) is 25.5 Å².